The Morgan fingerprint density at radius 1 is 1.35 bits per heavy atom. The lowest BCUT2D eigenvalue weighted by molar-refractivity contribution is -0.155. The van der Waals surface area contributed by atoms with Crippen molar-refractivity contribution in [3.63, 3.8) is 0 Å². The highest BCUT2D eigenvalue weighted by atomic mass is 35.5. The molecular weight excluding hydrogens is 322 g/mol. The van der Waals surface area contributed by atoms with E-state index in [0.717, 1.165) is 12.6 Å². The topological polar surface area (TPSA) is 104 Å². The van der Waals surface area contributed by atoms with Crippen molar-refractivity contribution in [3.05, 3.63) is 46.7 Å². The lowest BCUT2D eigenvalue weighted by Gasteiger charge is -2.18. The average Bonchev–Trinajstić information content (AvgIpc) is 2.87. The van der Waals surface area contributed by atoms with Gasteiger partial charge in [0.2, 0.25) is 0 Å². The molecule has 2 aromatic rings. The summed E-state index contributed by atoms with van der Waals surface area (Å²) in [5.74, 6) is -1.92. The van der Waals surface area contributed by atoms with E-state index in [2.05, 4.69) is 10.4 Å². The fraction of sp³-hybridized carbons (Fsp3) is 0.267. The Hall–Kier alpha value is -2.38. The standard InChI is InChI=1S/C15H16ClN3O4/c1-9-12(13(20)17-8-15(2,23)14(21)22)7-18-19(9)11-5-3-10(16)4-6-11/h3-7,23H,8H2,1-2H3,(H,17,20)(H,21,22). The molecule has 2 rings (SSSR count). The Kier molecular flexibility index (Phi) is 4.72. The minimum atomic E-state index is -2.03. The summed E-state index contributed by atoms with van der Waals surface area (Å²) in [6.07, 6.45) is 1.38. The fourth-order valence-corrected chi connectivity index (χ4v) is 2.02. The number of amides is 1. The van der Waals surface area contributed by atoms with Crippen molar-refractivity contribution in [2.45, 2.75) is 19.4 Å². The number of benzene rings is 1. The van der Waals surface area contributed by atoms with Gasteiger partial charge in [0.05, 0.1) is 29.7 Å². The minimum Gasteiger partial charge on any atom is -0.479 e. The highest BCUT2D eigenvalue weighted by Gasteiger charge is 2.30. The van der Waals surface area contributed by atoms with E-state index in [9.17, 15) is 14.7 Å². The molecule has 1 aromatic carbocycles. The number of nitrogens with one attached hydrogen (secondary N) is 1. The summed E-state index contributed by atoms with van der Waals surface area (Å²) in [6, 6.07) is 6.95. The van der Waals surface area contributed by atoms with Crippen molar-refractivity contribution in [1.82, 2.24) is 15.1 Å². The van der Waals surface area contributed by atoms with Gasteiger partial charge in [-0.3, -0.25) is 4.79 Å². The van der Waals surface area contributed by atoms with E-state index in [4.69, 9.17) is 16.7 Å². The van der Waals surface area contributed by atoms with E-state index in [1.54, 1.807) is 35.9 Å². The van der Waals surface area contributed by atoms with Gasteiger partial charge in [0.25, 0.3) is 5.91 Å². The number of carboxylic acid groups (broad SMARTS) is 1. The SMILES string of the molecule is Cc1c(C(=O)NCC(C)(O)C(=O)O)cnn1-c1ccc(Cl)cc1. The van der Waals surface area contributed by atoms with Gasteiger partial charge in [-0.15, -0.1) is 0 Å². The van der Waals surface area contributed by atoms with E-state index in [1.807, 2.05) is 0 Å². The first-order valence-corrected chi connectivity index (χ1v) is 7.14. The molecule has 7 nitrogen and oxygen atoms in total. The van der Waals surface area contributed by atoms with Crippen molar-refractivity contribution in [2.24, 2.45) is 0 Å². The van der Waals surface area contributed by atoms with Crippen molar-refractivity contribution in [3.8, 4) is 5.69 Å². The number of rotatable bonds is 5. The van der Waals surface area contributed by atoms with E-state index < -0.39 is 24.0 Å². The molecule has 0 aliphatic rings. The van der Waals surface area contributed by atoms with Crippen LogP contribution in [0.25, 0.3) is 5.69 Å². The van der Waals surface area contributed by atoms with Crippen LogP contribution in [0.2, 0.25) is 5.02 Å². The number of carboxylic acids is 1. The molecule has 0 bridgehead atoms. The van der Waals surface area contributed by atoms with Gasteiger partial charge < -0.3 is 15.5 Å². The molecule has 1 amide bonds. The fourth-order valence-electron chi connectivity index (χ4n) is 1.90. The molecule has 0 aliphatic carbocycles. The molecule has 1 atom stereocenters. The summed E-state index contributed by atoms with van der Waals surface area (Å²) < 4.78 is 1.57. The molecule has 0 radical (unpaired) electrons. The maximum atomic E-state index is 12.1. The van der Waals surface area contributed by atoms with Crippen LogP contribution < -0.4 is 5.32 Å². The zero-order valence-corrected chi connectivity index (χ0v) is 13.3. The van der Waals surface area contributed by atoms with Crippen LogP contribution in [0.4, 0.5) is 0 Å². The second-order valence-corrected chi connectivity index (χ2v) is 5.73. The Morgan fingerprint density at radius 2 is 1.96 bits per heavy atom. The molecule has 3 N–H and O–H groups in total. The number of aromatic nitrogens is 2. The molecule has 122 valence electrons. The molecule has 1 heterocycles. The van der Waals surface area contributed by atoms with Gasteiger partial charge in [0.1, 0.15) is 0 Å². The third kappa shape index (κ3) is 3.69. The summed E-state index contributed by atoms with van der Waals surface area (Å²) in [5.41, 5.74) is -0.417. The summed E-state index contributed by atoms with van der Waals surface area (Å²) >= 11 is 5.84. The number of aliphatic carboxylic acids is 1. The molecule has 0 aliphatic heterocycles. The normalized spacial score (nSPS) is 13.4. The van der Waals surface area contributed by atoms with Gasteiger partial charge in [0.15, 0.2) is 5.60 Å². The van der Waals surface area contributed by atoms with Crippen molar-refractivity contribution in [2.75, 3.05) is 6.54 Å². The zero-order chi connectivity index (χ0) is 17.2. The smallest absolute Gasteiger partial charge is 0.337 e. The van der Waals surface area contributed by atoms with Crippen LogP contribution in [0.3, 0.4) is 0 Å². The number of carbonyl (C=O) groups is 2. The summed E-state index contributed by atoms with van der Waals surface area (Å²) in [4.78, 5) is 23.0. The molecule has 1 unspecified atom stereocenters. The molecule has 8 heteroatoms. The molecule has 0 fully saturated rings. The number of hydrogen-bond acceptors (Lipinski definition) is 4. The van der Waals surface area contributed by atoms with Gasteiger partial charge in [-0.2, -0.15) is 5.10 Å². The number of nitrogens with zero attached hydrogens (tertiary/aromatic N) is 2. The summed E-state index contributed by atoms with van der Waals surface area (Å²) in [5, 5.41) is 25.6. The Balaban J connectivity index is 2.17. The van der Waals surface area contributed by atoms with Crippen LogP contribution in [-0.2, 0) is 4.79 Å². The zero-order valence-electron chi connectivity index (χ0n) is 12.6. The Morgan fingerprint density at radius 3 is 2.52 bits per heavy atom. The molecular formula is C15H16ClN3O4. The summed E-state index contributed by atoms with van der Waals surface area (Å²) in [6.45, 7) is 2.41. The predicted molar refractivity (Wildman–Crippen MR) is 83.9 cm³/mol. The van der Waals surface area contributed by atoms with Gasteiger partial charge in [-0.1, -0.05) is 11.6 Å². The number of carbonyl (C=O) groups excluding carboxylic acids is 1. The lowest BCUT2D eigenvalue weighted by Crippen LogP contribution is -2.46. The van der Waals surface area contributed by atoms with Gasteiger partial charge in [-0.25, -0.2) is 9.48 Å². The van der Waals surface area contributed by atoms with Crippen LogP contribution in [-0.4, -0.2) is 44.0 Å². The van der Waals surface area contributed by atoms with Crippen molar-refractivity contribution in [1.29, 1.82) is 0 Å². The first-order valence-electron chi connectivity index (χ1n) is 6.77. The van der Waals surface area contributed by atoms with E-state index in [-0.39, 0.29) is 0 Å². The van der Waals surface area contributed by atoms with Crippen LogP contribution in [0.1, 0.15) is 23.0 Å². The number of hydrogen-bond donors (Lipinski definition) is 3. The van der Waals surface area contributed by atoms with Crippen LogP contribution >= 0.6 is 11.6 Å². The molecule has 1 aromatic heterocycles. The maximum absolute atomic E-state index is 12.1. The first kappa shape index (κ1) is 17.0. The lowest BCUT2D eigenvalue weighted by atomic mass is 10.1. The highest BCUT2D eigenvalue weighted by Crippen LogP contribution is 2.17. The Labute approximate surface area is 137 Å². The van der Waals surface area contributed by atoms with Gasteiger partial charge in [-0.05, 0) is 38.1 Å². The monoisotopic (exact) mass is 337 g/mol. The second-order valence-electron chi connectivity index (χ2n) is 5.29. The maximum Gasteiger partial charge on any atom is 0.337 e. The third-order valence-electron chi connectivity index (χ3n) is 3.38. The van der Waals surface area contributed by atoms with Crippen molar-refractivity contribution < 1.29 is 19.8 Å². The predicted octanol–water partition coefficient (Wildman–Crippen LogP) is 1.40. The number of aliphatic hydroxyl groups is 1. The molecule has 23 heavy (non-hydrogen) atoms. The third-order valence-corrected chi connectivity index (χ3v) is 3.63. The quantitative estimate of drug-likeness (QED) is 0.765. The van der Waals surface area contributed by atoms with Gasteiger partial charge in [0, 0.05) is 5.02 Å². The van der Waals surface area contributed by atoms with E-state index in [0.29, 0.717) is 16.3 Å². The highest BCUT2D eigenvalue weighted by molar-refractivity contribution is 6.30. The van der Waals surface area contributed by atoms with Crippen LogP contribution in [0.15, 0.2) is 30.5 Å². The first-order chi connectivity index (χ1) is 10.7. The van der Waals surface area contributed by atoms with E-state index in [1.165, 1.54) is 6.20 Å². The largest absolute Gasteiger partial charge is 0.479 e. The molecule has 0 saturated carbocycles. The van der Waals surface area contributed by atoms with Gasteiger partial charge >= 0.3 is 5.97 Å². The Bertz CT molecular complexity index is 738. The average molecular weight is 338 g/mol. The van der Waals surface area contributed by atoms with Crippen LogP contribution in [0.5, 0.6) is 0 Å². The molecule has 0 saturated heterocycles. The minimum absolute atomic E-state index is 0.293. The summed E-state index contributed by atoms with van der Waals surface area (Å²) in [7, 11) is 0. The van der Waals surface area contributed by atoms with Crippen LogP contribution in [0, 0.1) is 6.92 Å². The number of halogens is 1. The molecule has 0 spiro atoms. The van der Waals surface area contributed by atoms with Crippen molar-refractivity contribution >= 4 is 23.5 Å². The van der Waals surface area contributed by atoms with E-state index >= 15 is 0 Å². The second kappa shape index (κ2) is 6.39.